The number of anilines is 1. The molecule has 0 aromatic heterocycles. The molecular weight excluding hydrogens is 212 g/mol. The summed E-state index contributed by atoms with van der Waals surface area (Å²) in [5.74, 6) is 0. The number of aliphatic hydroxyl groups excluding tert-OH is 1. The van der Waals surface area contributed by atoms with Crippen LogP contribution in [0.2, 0.25) is 0 Å². The van der Waals surface area contributed by atoms with Crippen molar-refractivity contribution in [1.29, 1.82) is 0 Å². The van der Waals surface area contributed by atoms with Gasteiger partial charge in [0.1, 0.15) is 0 Å². The van der Waals surface area contributed by atoms with E-state index in [2.05, 4.69) is 48.3 Å². The minimum atomic E-state index is -0.216. The number of hydrogen-bond donors (Lipinski definition) is 2. The molecule has 94 valence electrons. The molecule has 0 spiro atoms. The fourth-order valence-corrected chi connectivity index (χ4v) is 2.58. The van der Waals surface area contributed by atoms with Crippen molar-refractivity contribution in [1.82, 2.24) is 5.32 Å². The number of para-hydroxylation sites is 1. The summed E-state index contributed by atoms with van der Waals surface area (Å²) in [5, 5.41) is 12.9. The quantitative estimate of drug-likeness (QED) is 0.808. The van der Waals surface area contributed by atoms with Crippen LogP contribution in [0.3, 0.4) is 0 Å². The predicted molar refractivity (Wildman–Crippen MR) is 71.5 cm³/mol. The molecule has 1 heterocycles. The van der Waals surface area contributed by atoms with E-state index in [0.717, 1.165) is 26.1 Å². The third-order valence-corrected chi connectivity index (χ3v) is 3.48. The van der Waals surface area contributed by atoms with Crippen molar-refractivity contribution in [2.45, 2.75) is 25.8 Å². The molecule has 1 atom stereocenters. The second kappa shape index (κ2) is 5.07. The zero-order chi connectivity index (χ0) is 12.3. The van der Waals surface area contributed by atoms with Gasteiger partial charge < -0.3 is 15.3 Å². The van der Waals surface area contributed by atoms with E-state index in [1.807, 2.05) is 0 Å². The third kappa shape index (κ3) is 2.61. The van der Waals surface area contributed by atoms with Crippen molar-refractivity contribution >= 4 is 5.69 Å². The molecule has 1 aliphatic heterocycles. The Morgan fingerprint density at radius 1 is 1.41 bits per heavy atom. The molecule has 0 saturated heterocycles. The fraction of sp³-hybridized carbons (Fsp3) is 0.571. The number of aliphatic hydroxyl groups is 1. The lowest BCUT2D eigenvalue weighted by molar-refractivity contribution is 0.180. The normalized spacial score (nSPS) is 17.9. The summed E-state index contributed by atoms with van der Waals surface area (Å²) in [6.07, 6.45) is 1.11. The average Bonchev–Trinajstić information content (AvgIpc) is 2.73. The maximum Gasteiger partial charge on any atom is 0.0627 e. The minimum Gasteiger partial charge on any atom is -0.394 e. The van der Waals surface area contributed by atoms with Crippen LogP contribution in [-0.2, 0) is 6.42 Å². The topological polar surface area (TPSA) is 35.5 Å². The van der Waals surface area contributed by atoms with Crippen LogP contribution in [-0.4, -0.2) is 36.9 Å². The molecule has 0 saturated carbocycles. The first-order valence-corrected chi connectivity index (χ1v) is 6.37. The molecule has 0 fully saturated rings. The van der Waals surface area contributed by atoms with Gasteiger partial charge in [0.05, 0.1) is 12.1 Å². The van der Waals surface area contributed by atoms with Crippen LogP contribution in [0.5, 0.6) is 0 Å². The monoisotopic (exact) mass is 234 g/mol. The summed E-state index contributed by atoms with van der Waals surface area (Å²) < 4.78 is 0. The Morgan fingerprint density at radius 2 is 2.18 bits per heavy atom. The molecule has 0 bridgehead atoms. The molecule has 1 aliphatic rings. The highest BCUT2D eigenvalue weighted by atomic mass is 16.3. The lowest BCUT2D eigenvalue weighted by atomic mass is 10.0. The second-order valence-electron chi connectivity index (χ2n) is 5.05. The maximum absolute atomic E-state index is 9.54. The Hall–Kier alpha value is -1.06. The van der Waals surface area contributed by atoms with E-state index in [1.54, 1.807) is 0 Å². The summed E-state index contributed by atoms with van der Waals surface area (Å²) in [4.78, 5) is 2.37. The van der Waals surface area contributed by atoms with Crippen molar-refractivity contribution in [3.63, 3.8) is 0 Å². The van der Waals surface area contributed by atoms with Gasteiger partial charge in [0, 0.05) is 18.8 Å². The van der Waals surface area contributed by atoms with Crippen molar-refractivity contribution in [2.24, 2.45) is 0 Å². The molecule has 1 unspecified atom stereocenters. The van der Waals surface area contributed by atoms with Crippen LogP contribution in [0.15, 0.2) is 24.3 Å². The molecular formula is C14H22N2O. The molecule has 3 nitrogen and oxygen atoms in total. The largest absolute Gasteiger partial charge is 0.394 e. The second-order valence-corrected chi connectivity index (χ2v) is 5.05. The standard InChI is InChI=1S/C14H22N2O/c1-3-15-14(2,11-17)10-16-9-8-12-6-4-5-7-13(12)16/h4-7,15,17H,3,8-11H2,1-2H3. The molecule has 1 aromatic rings. The molecule has 0 radical (unpaired) electrons. The molecule has 3 heteroatoms. The predicted octanol–water partition coefficient (Wildman–Crippen LogP) is 1.41. The number of rotatable bonds is 5. The van der Waals surface area contributed by atoms with E-state index in [4.69, 9.17) is 0 Å². The Morgan fingerprint density at radius 3 is 2.88 bits per heavy atom. The molecule has 1 aromatic carbocycles. The Kier molecular flexibility index (Phi) is 3.69. The molecule has 2 N–H and O–H groups in total. The first-order chi connectivity index (χ1) is 8.18. The smallest absolute Gasteiger partial charge is 0.0627 e. The first-order valence-electron chi connectivity index (χ1n) is 6.37. The molecule has 0 amide bonds. The van der Waals surface area contributed by atoms with Gasteiger partial charge in [-0.15, -0.1) is 0 Å². The van der Waals surface area contributed by atoms with Crippen LogP contribution in [0.25, 0.3) is 0 Å². The number of likely N-dealkylation sites (N-methyl/N-ethyl adjacent to an activating group) is 1. The Bertz CT molecular complexity index is 380. The van der Waals surface area contributed by atoms with Gasteiger partial charge in [-0.1, -0.05) is 25.1 Å². The highest BCUT2D eigenvalue weighted by Crippen LogP contribution is 2.28. The summed E-state index contributed by atoms with van der Waals surface area (Å²) >= 11 is 0. The van der Waals surface area contributed by atoms with Gasteiger partial charge in [-0.2, -0.15) is 0 Å². The van der Waals surface area contributed by atoms with Crippen LogP contribution < -0.4 is 10.2 Å². The van der Waals surface area contributed by atoms with Gasteiger partial charge >= 0.3 is 0 Å². The van der Waals surface area contributed by atoms with E-state index in [1.165, 1.54) is 11.3 Å². The SMILES string of the molecule is CCNC(C)(CO)CN1CCc2ccccc21. The first kappa shape index (κ1) is 12.4. The third-order valence-electron chi connectivity index (χ3n) is 3.48. The summed E-state index contributed by atoms with van der Waals surface area (Å²) in [7, 11) is 0. The molecule has 17 heavy (non-hydrogen) atoms. The van der Waals surface area contributed by atoms with Gasteiger partial charge in [0.2, 0.25) is 0 Å². The molecule has 2 rings (SSSR count). The van der Waals surface area contributed by atoms with Crippen LogP contribution in [0, 0.1) is 0 Å². The minimum absolute atomic E-state index is 0.166. The Labute approximate surface area is 103 Å². The zero-order valence-electron chi connectivity index (χ0n) is 10.7. The van der Waals surface area contributed by atoms with E-state index >= 15 is 0 Å². The van der Waals surface area contributed by atoms with Gasteiger partial charge in [0.25, 0.3) is 0 Å². The average molecular weight is 234 g/mol. The van der Waals surface area contributed by atoms with E-state index in [0.29, 0.717) is 0 Å². The van der Waals surface area contributed by atoms with Gasteiger partial charge in [-0.3, -0.25) is 0 Å². The van der Waals surface area contributed by atoms with E-state index in [9.17, 15) is 5.11 Å². The number of benzene rings is 1. The van der Waals surface area contributed by atoms with Crippen molar-refractivity contribution < 1.29 is 5.11 Å². The van der Waals surface area contributed by atoms with Crippen molar-refractivity contribution in [2.75, 3.05) is 31.1 Å². The van der Waals surface area contributed by atoms with Gasteiger partial charge in [0.15, 0.2) is 0 Å². The van der Waals surface area contributed by atoms with Crippen LogP contribution >= 0.6 is 0 Å². The lowest BCUT2D eigenvalue weighted by Crippen LogP contribution is -2.53. The number of hydrogen-bond acceptors (Lipinski definition) is 3. The number of nitrogens with zero attached hydrogens (tertiary/aromatic N) is 1. The van der Waals surface area contributed by atoms with Crippen LogP contribution in [0.1, 0.15) is 19.4 Å². The Balaban J connectivity index is 2.10. The van der Waals surface area contributed by atoms with Crippen molar-refractivity contribution in [3.8, 4) is 0 Å². The maximum atomic E-state index is 9.54. The number of fused-ring (bicyclic) bond motifs is 1. The summed E-state index contributed by atoms with van der Waals surface area (Å²) in [5.41, 5.74) is 2.53. The highest BCUT2D eigenvalue weighted by molar-refractivity contribution is 5.58. The number of nitrogens with one attached hydrogen (secondary N) is 1. The lowest BCUT2D eigenvalue weighted by Gasteiger charge is -2.34. The zero-order valence-corrected chi connectivity index (χ0v) is 10.7. The van der Waals surface area contributed by atoms with E-state index in [-0.39, 0.29) is 12.1 Å². The van der Waals surface area contributed by atoms with E-state index < -0.39 is 0 Å². The van der Waals surface area contributed by atoms with Crippen molar-refractivity contribution in [3.05, 3.63) is 29.8 Å². The molecule has 0 aliphatic carbocycles. The summed E-state index contributed by atoms with van der Waals surface area (Å²) in [6.45, 7) is 7.12. The van der Waals surface area contributed by atoms with Crippen LogP contribution in [0.4, 0.5) is 5.69 Å². The van der Waals surface area contributed by atoms with Gasteiger partial charge in [-0.05, 0) is 31.5 Å². The highest BCUT2D eigenvalue weighted by Gasteiger charge is 2.28. The van der Waals surface area contributed by atoms with Gasteiger partial charge in [-0.25, -0.2) is 0 Å². The summed E-state index contributed by atoms with van der Waals surface area (Å²) in [6, 6.07) is 8.55. The fourth-order valence-electron chi connectivity index (χ4n) is 2.58.